The zero-order valence-corrected chi connectivity index (χ0v) is 15.9. The van der Waals surface area contributed by atoms with Crippen LogP contribution in [0.4, 0.5) is 0 Å². The van der Waals surface area contributed by atoms with Crippen LogP contribution in [0, 0.1) is 0 Å². The molecule has 5 heteroatoms. The van der Waals surface area contributed by atoms with E-state index in [1.807, 2.05) is 18.7 Å². The summed E-state index contributed by atoms with van der Waals surface area (Å²) in [5, 5.41) is 0. The molecule has 0 N–H and O–H groups in total. The zero-order chi connectivity index (χ0) is 15.9. The maximum atomic E-state index is 10.9. The normalized spacial score (nSPS) is 9.23. The van der Waals surface area contributed by atoms with Gasteiger partial charge in [-0.25, -0.2) is 9.78 Å². The summed E-state index contributed by atoms with van der Waals surface area (Å²) < 4.78 is 7.01. The molecule has 1 aromatic rings. The summed E-state index contributed by atoms with van der Waals surface area (Å²) in [5.41, 5.74) is 0.477. The van der Waals surface area contributed by atoms with Crippen molar-refractivity contribution in [2.45, 2.75) is 65.8 Å². The van der Waals surface area contributed by atoms with E-state index in [1.54, 1.807) is 6.92 Å². The second-order valence-corrected chi connectivity index (χ2v) is 5.13. The Bertz CT molecular complexity index is 378. The molecule has 128 valence electrons. The largest absolute Gasteiger partial charge is 0.462 e. The Morgan fingerprint density at radius 1 is 1.18 bits per heavy atom. The third kappa shape index (κ3) is 13.9. The van der Waals surface area contributed by atoms with E-state index in [9.17, 15) is 4.79 Å². The Balaban J connectivity index is 0. The number of ether oxygens (including phenoxy) is 1. The average Bonchev–Trinajstić information content (AvgIpc) is 2.98. The third-order valence-corrected chi connectivity index (χ3v) is 2.91. The number of halogens is 1. The molecule has 1 aromatic heterocycles. The number of unbranched alkanes of at least 4 members (excludes halogenated alkanes) is 4. The van der Waals surface area contributed by atoms with Crippen LogP contribution in [-0.4, -0.2) is 22.1 Å². The number of rotatable bonds is 9. The summed E-state index contributed by atoms with van der Waals surface area (Å²) >= 11 is 0. The predicted octanol–water partition coefficient (Wildman–Crippen LogP) is 4.95. The number of carbonyl (C=O) groups is 1. The second-order valence-electron chi connectivity index (χ2n) is 5.13. The number of nitrogens with zero attached hydrogens (tertiary/aromatic N) is 2. The van der Waals surface area contributed by atoms with E-state index >= 15 is 0 Å². The SMILES string of the molecule is Br.C=C(C)C(=O)OCCCCCC.CCCCn1ccnc1. The fourth-order valence-electron chi connectivity index (χ4n) is 1.58. The van der Waals surface area contributed by atoms with Gasteiger partial charge in [0.2, 0.25) is 0 Å². The van der Waals surface area contributed by atoms with E-state index in [1.165, 1.54) is 25.7 Å². The Morgan fingerprint density at radius 3 is 2.36 bits per heavy atom. The monoisotopic (exact) mass is 374 g/mol. The highest BCUT2D eigenvalue weighted by Gasteiger charge is 2.01. The van der Waals surface area contributed by atoms with E-state index in [0.29, 0.717) is 12.2 Å². The van der Waals surface area contributed by atoms with Crippen LogP contribution in [0.2, 0.25) is 0 Å². The van der Waals surface area contributed by atoms with E-state index < -0.39 is 0 Å². The van der Waals surface area contributed by atoms with Gasteiger partial charge in [-0.2, -0.15) is 0 Å². The van der Waals surface area contributed by atoms with Gasteiger partial charge in [0.25, 0.3) is 0 Å². The van der Waals surface area contributed by atoms with Crippen molar-refractivity contribution < 1.29 is 9.53 Å². The lowest BCUT2D eigenvalue weighted by molar-refractivity contribution is -0.139. The van der Waals surface area contributed by atoms with Crippen molar-refractivity contribution in [3.63, 3.8) is 0 Å². The summed E-state index contributed by atoms with van der Waals surface area (Å²) in [6.45, 7) is 11.1. The molecule has 1 heterocycles. The van der Waals surface area contributed by atoms with Crippen LogP contribution >= 0.6 is 17.0 Å². The lowest BCUT2D eigenvalue weighted by Crippen LogP contribution is -2.05. The molecule has 1 rings (SSSR count). The first-order valence-electron chi connectivity index (χ1n) is 7.90. The molecule has 0 atom stereocenters. The molecule has 0 bridgehead atoms. The molecule has 0 aromatic carbocycles. The molecular formula is C17H31BrN2O2. The summed E-state index contributed by atoms with van der Waals surface area (Å²) in [6.07, 6.45) is 12.7. The molecule has 0 fully saturated rings. The van der Waals surface area contributed by atoms with Crippen LogP contribution in [0.1, 0.15) is 59.3 Å². The minimum atomic E-state index is -0.272. The molecule has 4 nitrogen and oxygen atoms in total. The minimum absolute atomic E-state index is 0. The van der Waals surface area contributed by atoms with E-state index in [4.69, 9.17) is 4.74 Å². The van der Waals surface area contributed by atoms with Crippen LogP contribution in [0.3, 0.4) is 0 Å². The number of carbonyl (C=O) groups excluding carboxylic acids is 1. The van der Waals surface area contributed by atoms with E-state index in [2.05, 4.69) is 30.0 Å². The molecule has 0 spiro atoms. The molecule has 22 heavy (non-hydrogen) atoms. The van der Waals surface area contributed by atoms with Crippen molar-refractivity contribution in [2.24, 2.45) is 0 Å². The minimum Gasteiger partial charge on any atom is -0.462 e. The van der Waals surface area contributed by atoms with Crippen molar-refractivity contribution in [1.82, 2.24) is 9.55 Å². The predicted molar refractivity (Wildman–Crippen MR) is 97.4 cm³/mol. The molecule has 0 saturated carbocycles. The van der Waals surface area contributed by atoms with E-state index in [-0.39, 0.29) is 23.0 Å². The van der Waals surface area contributed by atoms with Crippen LogP contribution in [0.25, 0.3) is 0 Å². The van der Waals surface area contributed by atoms with Crippen LogP contribution < -0.4 is 0 Å². The van der Waals surface area contributed by atoms with Gasteiger partial charge in [0.1, 0.15) is 0 Å². The summed E-state index contributed by atoms with van der Waals surface area (Å²) in [7, 11) is 0. The lowest BCUT2D eigenvalue weighted by Gasteiger charge is -2.02. The fraction of sp³-hybridized carbons (Fsp3) is 0.647. The zero-order valence-electron chi connectivity index (χ0n) is 14.2. The first kappa shape index (κ1) is 23.2. The van der Waals surface area contributed by atoms with Crippen LogP contribution in [0.5, 0.6) is 0 Å². The van der Waals surface area contributed by atoms with Gasteiger partial charge in [-0.15, -0.1) is 17.0 Å². The van der Waals surface area contributed by atoms with Gasteiger partial charge < -0.3 is 9.30 Å². The van der Waals surface area contributed by atoms with E-state index in [0.717, 1.165) is 19.4 Å². The molecule has 0 aliphatic rings. The number of hydrogen-bond donors (Lipinski definition) is 0. The van der Waals surface area contributed by atoms with Crippen molar-refractivity contribution in [2.75, 3.05) is 6.61 Å². The van der Waals surface area contributed by atoms with Crippen LogP contribution in [0.15, 0.2) is 30.9 Å². The van der Waals surface area contributed by atoms with Crippen LogP contribution in [-0.2, 0) is 16.1 Å². The highest BCUT2D eigenvalue weighted by atomic mass is 79.9. The maximum Gasteiger partial charge on any atom is 0.333 e. The number of esters is 1. The van der Waals surface area contributed by atoms with Crippen molar-refractivity contribution in [1.29, 1.82) is 0 Å². The Hall–Kier alpha value is -1.10. The first-order chi connectivity index (χ1) is 10.1. The number of hydrogen-bond acceptors (Lipinski definition) is 3. The highest BCUT2D eigenvalue weighted by Crippen LogP contribution is 2.00. The van der Waals surface area contributed by atoms with Gasteiger partial charge in [0, 0.05) is 24.5 Å². The molecule has 0 saturated heterocycles. The smallest absolute Gasteiger partial charge is 0.333 e. The van der Waals surface area contributed by atoms with Gasteiger partial charge in [0.05, 0.1) is 12.9 Å². The van der Waals surface area contributed by atoms with Gasteiger partial charge in [-0.3, -0.25) is 0 Å². The molecule has 0 aliphatic heterocycles. The molecule has 0 amide bonds. The van der Waals surface area contributed by atoms with Gasteiger partial charge in [0.15, 0.2) is 0 Å². The number of imidazole rings is 1. The number of aryl methyl sites for hydroxylation is 1. The molecular weight excluding hydrogens is 344 g/mol. The topological polar surface area (TPSA) is 44.1 Å². The molecule has 0 unspecified atom stereocenters. The van der Waals surface area contributed by atoms with Crippen molar-refractivity contribution in [3.8, 4) is 0 Å². The third-order valence-electron chi connectivity index (χ3n) is 2.91. The number of aromatic nitrogens is 2. The van der Waals surface area contributed by atoms with Crippen molar-refractivity contribution >= 4 is 23.0 Å². The Morgan fingerprint density at radius 2 is 1.86 bits per heavy atom. The average molecular weight is 375 g/mol. The molecule has 0 radical (unpaired) electrons. The van der Waals surface area contributed by atoms with Crippen molar-refractivity contribution in [3.05, 3.63) is 30.9 Å². The maximum absolute atomic E-state index is 10.9. The fourth-order valence-corrected chi connectivity index (χ4v) is 1.58. The second kappa shape index (κ2) is 16.3. The standard InChI is InChI=1S/C10H18O2.C7H12N2.BrH/c1-4-5-6-7-8-12-10(11)9(2)3;1-2-3-5-9-6-4-8-7-9;/h2,4-8H2,1,3H3;4,6-7H,2-3,5H2,1H3;1H. The summed E-state index contributed by atoms with van der Waals surface area (Å²) in [5.74, 6) is -0.272. The lowest BCUT2D eigenvalue weighted by atomic mass is 10.2. The highest BCUT2D eigenvalue weighted by molar-refractivity contribution is 8.93. The van der Waals surface area contributed by atoms with Gasteiger partial charge >= 0.3 is 5.97 Å². The summed E-state index contributed by atoms with van der Waals surface area (Å²) in [4.78, 5) is 14.8. The first-order valence-corrected chi connectivity index (χ1v) is 7.90. The van der Waals surface area contributed by atoms with Gasteiger partial charge in [-0.1, -0.05) is 46.1 Å². The summed E-state index contributed by atoms with van der Waals surface area (Å²) in [6, 6.07) is 0. The quantitative estimate of drug-likeness (QED) is 0.349. The molecule has 0 aliphatic carbocycles. The Labute approximate surface area is 145 Å². The van der Waals surface area contributed by atoms with Gasteiger partial charge in [-0.05, 0) is 19.8 Å². The Kier molecular flexibility index (Phi) is 17.1.